The van der Waals surface area contributed by atoms with E-state index in [1.54, 1.807) is 22.7 Å². The van der Waals surface area contributed by atoms with Gasteiger partial charge in [0.05, 0.1) is 12.2 Å². The summed E-state index contributed by atoms with van der Waals surface area (Å²) >= 11 is 0. The molecule has 110 valence electrons. The number of amides is 1. The highest BCUT2D eigenvalue weighted by Crippen LogP contribution is 2.07. The van der Waals surface area contributed by atoms with Gasteiger partial charge in [0, 0.05) is 18.5 Å². The zero-order valence-electron chi connectivity index (χ0n) is 11.7. The predicted molar refractivity (Wildman–Crippen MR) is 82.5 cm³/mol. The number of fused-ring (bicyclic) bond motifs is 1. The molecule has 3 aromatic rings. The molecule has 0 saturated carbocycles. The van der Waals surface area contributed by atoms with Crippen LogP contribution in [0.4, 0.5) is 4.39 Å². The minimum atomic E-state index is -0.328. The van der Waals surface area contributed by atoms with Gasteiger partial charge in [-0.3, -0.25) is 4.79 Å². The van der Waals surface area contributed by atoms with Gasteiger partial charge in [0.1, 0.15) is 11.5 Å². The Bertz CT molecular complexity index is 824. The van der Waals surface area contributed by atoms with E-state index >= 15 is 0 Å². The number of rotatable bonds is 4. The van der Waals surface area contributed by atoms with Crippen molar-refractivity contribution in [2.45, 2.75) is 6.54 Å². The number of carbonyl (C=O) groups excluding carboxylic acids is 1. The first-order chi connectivity index (χ1) is 10.7. The molecule has 0 aliphatic carbocycles. The van der Waals surface area contributed by atoms with Crippen molar-refractivity contribution >= 4 is 17.6 Å². The molecule has 2 heterocycles. The number of halogens is 1. The second-order valence-electron chi connectivity index (χ2n) is 4.81. The number of imidazole rings is 1. The van der Waals surface area contributed by atoms with E-state index in [1.165, 1.54) is 18.3 Å². The van der Waals surface area contributed by atoms with Gasteiger partial charge in [0.15, 0.2) is 0 Å². The lowest BCUT2D eigenvalue weighted by molar-refractivity contribution is -0.116. The number of aromatic nitrogens is 2. The standard InChI is InChI=1S/C17H14FN3O/c18-14-7-8-16-20-15(12-21(16)11-14)10-19-17(22)9-6-13-4-2-1-3-5-13/h1-9,11-12H,10H2,(H,19,22)/b9-6+. The minimum Gasteiger partial charge on any atom is -0.347 e. The van der Waals surface area contributed by atoms with Crippen LogP contribution in [-0.2, 0) is 11.3 Å². The van der Waals surface area contributed by atoms with Crippen molar-refractivity contribution in [3.8, 4) is 0 Å². The summed E-state index contributed by atoms with van der Waals surface area (Å²) in [5.41, 5.74) is 2.28. The van der Waals surface area contributed by atoms with Gasteiger partial charge in [-0.15, -0.1) is 0 Å². The lowest BCUT2D eigenvalue weighted by Crippen LogP contribution is -2.20. The van der Waals surface area contributed by atoms with Crippen LogP contribution in [0.5, 0.6) is 0 Å². The minimum absolute atomic E-state index is 0.202. The van der Waals surface area contributed by atoms with E-state index < -0.39 is 0 Å². The van der Waals surface area contributed by atoms with Crippen LogP contribution < -0.4 is 5.32 Å². The molecule has 1 aromatic carbocycles. The van der Waals surface area contributed by atoms with Gasteiger partial charge in [0.2, 0.25) is 5.91 Å². The molecule has 0 bridgehead atoms. The van der Waals surface area contributed by atoms with Crippen LogP contribution >= 0.6 is 0 Å². The molecule has 22 heavy (non-hydrogen) atoms. The lowest BCUT2D eigenvalue weighted by atomic mass is 10.2. The molecule has 1 N–H and O–H groups in total. The van der Waals surface area contributed by atoms with E-state index in [-0.39, 0.29) is 11.7 Å². The molecule has 4 nitrogen and oxygen atoms in total. The lowest BCUT2D eigenvalue weighted by Gasteiger charge is -1.98. The summed E-state index contributed by atoms with van der Waals surface area (Å²) < 4.78 is 14.7. The Morgan fingerprint density at radius 3 is 2.82 bits per heavy atom. The van der Waals surface area contributed by atoms with Crippen LogP contribution in [0.3, 0.4) is 0 Å². The Morgan fingerprint density at radius 2 is 2.00 bits per heavy atom. The maximum atomic E-state index is 13.1. The second kappa shape index (κ2) is 6.22. The quantitative estimate of drug-likeness (QED) is 0.752. The van der Waals surface area contributed by atoms with Crippen molar-refractivity contribution in [2.24, 2.45) is 0 Å². The van der Waals surface area contributed by atoms with Gasteiger partial charge in [-0.2, -0.15) is 0 Å². The molecule has 0 unspecified atom stereocenters. The molecule has 2 aromatic heterocycles. The number of nitrogens with one attached hydrogen (secondary N) is 1. The van der Waals surface area contributed by atoms with Crippen molar-refractivity contribution in [1.82, 2.24) is 14.7 Å². The SMILES string of the molecule is O=C(/C=C/c1ccccc1)NCc1cn2cc(F)ccc2n1. The Kier molecular flexibility index (Phi) is 3.96. The molecule has 1 amide bonds. The normalized spacial score (nSPS) is 11.1. The van der Waals surface area contributed by atoms with Crippen LogP contribution in [0.15, 0.2) is 60.9 Å². The Hall–Kier alpha value is -2.95. The molecule has 0 spiro atoms. The predicted octanol–water partition coefficient (Wildman–Crippen LogP) is 2.80. The van der Waals surface area contributed by atoms with Gasteiger partial charge >= 0.3 is 0 Å². The maximum Gasteiger partial charge on any atom is 0.244 e. The number of carbonyl (C=O) groups is 1. The summed E-state index contributed by atoms with van der Waals surface area (Å²) in [4.78, 5) is 16.1. The zero-order chi connectivity index (χ0) is 15.4. The highest BCUT2D eigenvalue weighted by atomic mass is 19.1. The molecule has 0 aliphatic heterocycles. The van der Waals surface area contributed by atoms with E-state index in [9.17, 15) is 9.18 Å². The van der Waals surface area contributed by atoms with Crippen molar-refractivity contribution in [2.75, 3.05) is 0 Å². The number of benzene rings is 1. The highest BCUT2D eigenvalue weighted by molar-refractivity contribution is 5.91. The molecule has 5 heteroatoms. The molecule has 0 saturated heterocycles. The third kappa shape index (κ3) is 3.38. The summed E-state index contributed by atoms with van der Waals surface area (Å²) in [6, 6.07) is 12.5. The Labute approximate surface area is 126 Å². The summed E-state index contributed by atoms with van der Waals surface area (Å²) in [7, 11) is 0. The van der Waals surface area contributed by atoms with Crippen molar-refractivity contribution in [3.05, 3.63) is 78.0 Å². The average molecular weight is 295 g/mol. The molecule has 3 rings (SSSR count). The first-order valence-corrected chi connectivity index (χ1v) is 6.85. The van der Waals surface area contributed by atoms with Crippen molar-refractivity contribution < 1.29 is 9.18 Å². The molecule has 0 fully saturated rings. The molecule has 0 aliphatic rings. The second-order valence-corrected chi connectivity index (χ2v) is 4.81. The van der Waals surface area contributed by atoms with Crippen molar-refractivity contribution in [3.63, 3.8) is 0 Å². The Morgan fingerprint density at radius 1 is 1.18 bits per heavy atom. The van der Waals surface area contributed by atoms with Crippen LogP contribution in [-0.4, -0.2) is 15.3 Å². The molecule has 0 radical (unpaired) electrons. The van der Waals surface area contributed by atoms with Gasteiger partial charge in [0.25, 0.3) is 0 Å². The van der Waals surface area contributed by atoms with E-state index in [4.69, 9.17) is 0 Å². The van der Waals surface area contributed by atoms with Gasteiger partial charge in [-0.25, -0.2) is 9.37 Å². The number of hydrogen-bond acceptors (Lipinski definition) is 2. The molecular formula is C17H14FN3O. The fourth-order valence-electron chi connectivity index (χ4n) is 2.08. The summed E-state index contributed by atoms with van der Waals surface area (Å²) in [6.45, 7) is 0.293. The topological polar surface area (TPSA) is 46.4 Å². The number of nitrogens with zero attached hydrogens (tertiary/aromatic N) is 2. The van der Waals surface area contributed by atoms with Gasteiger partial charge in [-0.05, 0) is 23.8 Å². The summed E-state index contributed by atoms with van der Waals surface area (Å²) in [6.07, 6.45) is 6.27. The van der Waals surface area contributed by atoms with Gasteiger partial charge < -0.3 is 9.72 Å². The summed E-state index contributed by atoms with van der Waals surface area (Å²) in [5, 5.41) is 2.75. The molecule has 0 atom stereocenters. The fourth-order valence-corrected chi connectivity index (χ4v) is 2.08. The third-order valence-corrected chi connectivity index (χ3v) is 3.14. The van der Waals surface area contributed by atoms with Crippen LogP contribution in [0.25, 0.3) is 11.7 Å². The van der Waals surface area contributed by atoms with E-state index in [2.05, 4.69) is 10.3 Å². The largest absolute Gasteiger partial charge is 0.347 e. The smallest absolute Gasteiger partial charge is 0.244 e. The van der Waals surface area contributed by atoms with Crippen LogP contribution in [0.2, 0.25) is 0 Å². The monoisotopic (exact) mass is 295 g/mol. The first kappa shape index (κ1) is 14.0. The van der Waals surface area contributed by atoms with Crippen molar-refractivity contribution in [1.29, 1.82) is 0 Å². The van der Waals surface area contributed by atoms with Gasteiger partial charge in [-0.1, -0.05) is 30.3 Å². The fraction of sp³-hybridized carbons (Fsp3) is 0.0588. The highest BCUT2D eigenvalue weighted by Gasteiger charge is 2.03. The van der Waals surface area contributed by atoms with Crippen LogP contribution in [0.1, 0.15) is 11.3 Å². The molecular weight excluding hydrogens is 281 g/mol. The number of hydrogen-bond donors (Lipinski definition) is 1. The van der Waals surface area contributed by atoms with E-state index in [0.29, 0.717) is 17.9 Å². The summed E-state index contributed by atoms with van der Waals surface area (Å²) in [5.74, 6) is -0.529. The number of pyridine rings is 1. The van der Waals surface area contributed by atoms with E-state index in [0.717, 1.165) is 5.56 Å². The maximum absolute atomic E-state index is 13.1. The Balaban J connectivity index is 1.61. The zero-order valence-corrected chi connectivity index (χ0v) is 11.7. The van der Waals surface area contributed by atoms with E-state index in [1.807, 2.05) is 30.3 Å². The first-order valence-electron chi connectivity index (χ1n) is 6.85. The third-order valence-electron chi connectivity index (χ3n) is 3.14. The van der Waals surface area contributed by atoms with Crippen LogP contribution in [0, 0.1) is 5.82 Å². The average Bonchev–Trinajstić information content (AvgIpc) is 2.94.